The van der Waals surface area contributed by atoms with Crippen molar-refractivity contribution in [1.29, 1.82) is 0 Å². The Morgan fingerprint density at radius 1 is 1.14 bits per heavy atom. The molecule has 1 aromatic carbocycles. The number of carbonyl (C=O) groups excluding carboxylic acids is 2. The average Bonchev–Trinajstić information content (AvgIpc) is 2.50. The molecule has 0 spiro atoms. The quantitative estimate of drug-likeness (QED) is 0.820. The predicted molar refractivity (Wildman–Crippen MR) is 89.1 cm³/mol. The van der Waals surface area contributed by atoms with Gasteiger partial charge in [-0.05, 0) is 56.9 Å². The molecule has 1 aromatic rings. The maximum atomic E-state index is 12.3. The van der Waals surface area contributed by atoms with Gasteiger partial charge in [0.2, 0.25) is 5.91 Å². The molecule has 0 bridgehead atoms. The Morgan fingerprint density at radius 2 is 1.77 bits per heavy atom. The van der Waals surface area contributed by atoms with Gasteiger partial charge in [-0.1, -0.05) is 19.8 Å². The number of ketones is 1. The Kier molecular flexibility index (Phi) is 5.72. The predicted octanol–water partition coefficient (Wildman–Crippen LogP) is 3.38. The summed E-state index contributed by atoms with van der Waals surface area (Å²) >= 11 is 0. The third kappa shape index (κ3) is 4.41. The summed E-state index contributed by atoms with van der Waals surface area (Å²) in [6.45, 7) is 5.69. The van der Waals surface area contributed by atoms with Gasteiger partial charge in [-0.3, -0.25) is 9.59 Å². The van der Waals surface area contributed by atoms with E-state index in [9.17, 15) is 9.59 Å². The number of carbonyl (C=O) groups is 2. The van der Waals surface area contributed by atoms with E-state index in [4.69, 9.17) is 0 Å². The Bertz CT molecular complexity index is 524. The summed E-state index contributed by atoms with van der Waals surface area (Å²) < 4.78 is 0. The molecule has 0 heterocycles. The van der Waals surface area contributed by atoms with Crippen LogP contribution in [0.5, 0.6) is 0 Å². The summed E-state index contributed by atoms with van der Waals surface area (Å²) in [4.78, 5) is 23.5. The number of amides is 1. The second-order valence-electron chi connectivity index (χ2n) is 6.38. The Morgan fingerprint density at radius 3 is 2.36 bits per heavy atom. The van der Waals surface area contributed by atoms with Gasteiger partial charge in [-0.25, -0.2) is 0 Å². The van der Waals surface area contributed by atoms with Crippen LogP contribution in [-0.2, 0) is 4.79 Å². The monoisotopic (exact) mass is 302 g/mol. The lowest BCUT2D eigenvalue weighted by Crippen LogP contribution is -2.47. The van der Waals surface area contributed by atoms with Crippen LogP contribution in [-0.4, -0.2) is 23.8 Å². The van der Waals surface area contributed by atoms with Crippen molar-refractivity contribution in [1.82, 2.24) is 5.32 Å². The highest BCUT2D eigenvalue weighted by Crippen LogP contribution is 2.24. The molecule has 1 aliphatic rings. The van der Waals surface area contributed by atoms with Gasteiger partial charge in [0.15, 0.2) is 5.78 Å². The van der Waals surface area contributed by atoms with Crippen LogP contribution in [0, 0.1) is 5.92 Å². The van der Waals surface area contributed by atoms with E-state index in [-0.39, 0.29) is 17.7 Å². The van der Waals surface area contributed by atoms with Crippen molar-refractivity contribution >= 4 is 17.4 Å². The van der Waals surface area contributed by atoms with Gasteiger partial charge in [0.25, 0.3) is 0 Å². The van der Waals surface area contributed by atoms with Crippen molar-refractivity contribution in [2.75, 3.05) is 5.32 Å². The third-order valence-electron chi connectivity index (χ3n) is 4.53. The first kappa shape index (κ1) is 16.7. The molecule has 0 aliphatic heterocycles. The second-order valence-corrected chi connectivity index (χ2v) is 6.38. The molecule has 22 heavy (non-hydrogen) atoms. The number of hydrogen-bond acceptors (Lipinski definition) is 3. The smallest absolute Gasteiger partial charge is 0.241 e. The van der Waals surface area contributed by atoms with E-state index in [1.165, 1.54) is 26.2 Å². The fourth-order valence-electron chi connectivity index (χ4n) is 3.00. The van der Waals surface area contributed by atoms with Gasteiger partial charge in [-0.15, -0.1) is 0 Å². The molecule has 1 fully saturated rings. The van der Waals surface area contributed by atoms with Crippen molar-refractivity contribution < 1.29 is 9.59 Å². The normalized spacial score (nSPS) is 22.9. The van der Waals surface area contributed by atoms with Crippen LogP contribution >= 0.6 is 0 Å². The topological polar surface area (TPSA) is 58.2 Å². The van der Waals surface area contributed by atoms with Gasteiger partial charge in [0.05, 0.1) is 6.04 Å². The molecule has 4 heteroatoms. The van der Waals surface area contributed by atoms with Crippen molar-refractivity contribution in [3.05, 3.63) is 29.8 Å². The molecule has 0 saturated heterocycles. The molecule has 1 saturated carbocycles. The Labute approximate surface area is 132 Å². The molecular weight excluding hydrogens is 276 g/mol. The highest BCUT2D eigenvalue weighted by molar-refractivity contribution is 5.96. The van der Waals surface area contributed by atoms with Gasteiger partial charge >= 0.3 is 0 Å². The molecule has 1 aliphatic carbocycles. The summed E-state index contributed by atoms with van der Waals surface area (Å²) in [6, 6.07) is 7.21. The standard InChI is InChI=1S/C18H26N2O2/c1-12-6-4-5-7-17(12)19-13(2)18(22)20-16-10-8-15(9-11-16)14(3)21/h8-13,17,19H,4-7H2,1-3H3,(H,20,22)/t12-,13-,17+/m0/s1. The number of benzene rings is 1. The second kappa shape index (κ2) is 7.54. The third-order valence-corrected chi connectivity index (χ3v) is 4.53. The lowest BCUT2D eigenvalue weighted by molar-refractivity contribution is -0.118. The number of hydrogen-bond donors (Lipinski definition) is 2. The summed E-state index contributed by atoms with van der Waals surface area (Å²) in [5.41, 5.74) is 1.38. The van der Waals surface area contributed by atoms with Crippen LogP contribution < -0.4 is 10.6 Å². The zero-order chi connectivity index (χ0) is 16.1. The zero-order valence-electron chi connectivity index (χ0n) is 13.7. The first-order chi connectivity index (χ1) is 10.5. The van der Waals surface area contributed by atoms with E-state index in [1.54, 1.807) is 24.3 Å². The van der Waals surface area contributed by atoms with Crippen molar-refractivity contribution in [3.63, 3.8) is 0 Å². The van der Waals surface area contributed by atoms with Gasteiger partial charge < -0.3 is 10.6 Å². The van der Waals surface area contributed by atoms with E-state index in [0.717, 1.165) is 12.1 Å². The number of Topliss-reactive ketones (excluding diaryl/α,β-unsaturated/α-hetero) is 1. The molecule has 2 N–H and O–H groups in total. The summed E-state index contributed by atoms with van der Waals surface area (Å²) in [5.74, 6) is 0.617. The van der Waals surface area contributed by atoms with E-state index in [1.807, 2.05) is 6.92 Å². The highest BCUT2D eigenvalue weighted by atomic mass is 16.2. The molecule has 0 aromatic heterocycles. The van der Waals surface area contributed by atoms with Crippen LogP contribution in [0.25, 0.3) is 0 Å². The van der Waals surface area contributed by atoms with E-state index in [0.29, 0.717) is 17.5 Å². The minimum absolute atomic E-state index is 0.0270. The Hall–Kier alpha value is -1.68. The summed E-state index contributed by atoms with van der Waals surface area (Å²) in [7, 11) is 0. The van der Waals surface area contributed by atoms with E-state index < -0.39 is 0 Å². The maximum Gasteiger partial charge on any atom is 0.241 e. The molecule has 2 rings (SSSR count). The minimum atomic E-state index is -0.224. The SMILES string of the molecule is CC(=O)c1ccc(NC(=O)[C@H](C)N[C@@H]2CCCC[C@@H]2C)cc1. The van der Waals surface area contributed by atoms with Crippen molar-refractivity contribution in [2.24, 2.45) is 5.92 Å². The first-order valence-corrected chi connectivity index (χ1v) is 8.15. The largest absolute Gasteiger partial charge is 0.325 e. The molecule has 4 nitrogen and oxygen atoms in total. The number of anilines is 1. The van der Waals surface area contributed by atoms with E-state index >= 15 is 0 Å². The summed E-state index contributed by atoms with van der Waals surface area (Å²) in [5, 5.41) is 6.35. The fraction of sp³-hybridized carbons (Fsp3) is 0.556. The fourth-order valence-corrected chi connectivity index (χ4v) is 3.00. The minimum Gasteiger partial charge on any atom is -0.325 e. The number of rotatable bonds is 5. The first-order valence-electron chi connectivity index (χ1n) is 8.15. The Balaban J connectivity index is 1.89. The zero-order valence-corrected chi connectivity index (χ0v) is 13.7. The van der Waals surface area contributed by atoms with E-state index in [2.05, 4.69) is 17.6 Å². The molecule has 3 atom stereocenters. The van der Waals surface area contributed by atoms with Gasteiger partial charge in [0, 0.05) is 17.3 Å². The van der Waals surface area contributed by atoms with Crippen LogP contribution in [0.15, 0.2) is 24.3 Å². The molecule has 0 unspecified atom stereocenters. The van der Waals surface area contributed by atoms with Crippen LogP contribution in [0.2, 0.25) is 0 Å². The molecule has 0 radical (unpaired) electrons. The number of nitrogens with one attached hydrogen (secondary N) is 2. The summed E-state index contributed by atoms with van der Waals surface area (Å²) in [6.07, 6.45) is 4.91. The van der Waals surface area contributed by atoms with Crippen LogP contribution in [0.1, 0.15) is 56.8 Å². The highest BCUT2D eigenvalue weighted by Gasteiger charge is 2.24. The molecule has 1 amide bonds. The van der Waals surface area contributed by atoms with Crippen molar-refractivity contribution in [2.45, 2.75) is 58.5 Å². The van der Waals surface area contributed by atoms with Crippen LogP contribution in [0.4, 0.5) is 5.69 Å². The van der Waals surface area contributed by atoms with Crippen LogP contribution in [0.3, 0.4) is 0 Å². The molecular formula is C18H26N2O2. The lowest BCUT2D eigenvalue weighted by atomic mass is 9.85. The molecule has 120 valence electrons. The maximum absolute atomic E-state index is 12.3. The van der Waals surface area contributed by atoms with Gasteiger partial charge in [-0.2, -0.15) is 0 Å². The lowest BCUT2D eigenvalue weighted by Gasteiger charge is -2.31. The average molecular weight is 302 g/mol. The van der Waals surface area contributed by atoms with Gasteiger partial charge in [0.1, 0.15) is 0 Å². The van der Waals surface area contributed by atoms with Crippen molar-refractivity contribution in [3.8, 4) is 0 Å².